The molecule has 0 saturated carbocycles. The Labute approximate surface area is 114 Å². The molecule has 0 spiro atoms. The Kier molecular flexibility index (Phi) is 3.51. The zero-order valence-corrected chi connectivity index (χ0v) is 11.0. The van der Waals surface area contributed by atoms with E-state index in [1.165, 1.54) is 6.33 Å². The van der Waals surface area contributed by atoms with Crippen molar-refractivity contribution in [2.24, 2.45) is 0 Å². The van der Waals surface area contributed by atoms with Crippen LogP contribution in [-0.2, 0) is 6.42 Å². The highest BCUT2D eigenvalue weighted by Gasteiger charge is 2.06. The Hall–Kier alpha value is -2.21. The van der Waals surface area contributed by atoms with E-state index in [1.54, 1.807) is 11.3 Å². The lowest BCUT2D eigenvalue weighted by atomic mass is 10.3. The van der Waals surface area contributed by atoms with Gasteiger partial charge in [0.25, 0.3) is 0 Å². The summed E-state index contributed by atoms with van der Waals surface area (Å²) in [7, 11) is 0. The zero-order chi connectivity index (χ0) is 12.9. The number of aromatic nitrogens is 4. The minimum absolute atomic E-state index is 0.729. The fourth-order valence-electron chi connectivity index (χ4n) is 1.73. The number of aromatic amines is 1. The topological polar surface area (TPSA) is 66.5 Å². The van der Waals surface area contributed by atoms with E-state index in [0.717, 1.165) is 35.2 Å². The second-order valence-electron chi connectivity index (χ2n) is 4.02. The molecule has 2 N–H and O–H groups in total. The smallest absolute Gasteiger partial charge is 0.184 e. The van der Waals surface area contributed by atoms with Gasteiger partial charge in [0.2, 0.25) is 0 Å². The van der Waals surface area contributed by atoms with Gasteiger partial charge in [-0.3, -0.25) is 5.10 Å². The Balaban J connectivity index is 1.56. The van der Waals surface area contributed by atoms with Gasteiger partial charge in [0.1, 0.15) is 6.33 Å². The molecule has 6 heteroatoms. The van der Waals surface area contributed by atoms with E-state index in [4.69, 9.17) is 0 Å². The first-order valence-corrected chi connectivity index (χ1v) is 6.89. The lowest BCUT2D eigenvalue weighted by molar-refractivity contribution is 0.975. The van der Waals surface area contributed by atoms with Crippen molar-refractivity contribution in [2.45, 2.75) is 6.42 Å². The second-order valence-corrected chi connectivity index (χ2v) is 4.88. The van der Waals surface area contributed by atoms with Crippen molar-refractivity contribution in [1.29, 1.82) is 0 Å². The van der Waals surface area contributed by atoms with Crippen LogP contribution in [0.1, 0.15) is 5.69 Å². The van der Waals surface area contributed by atoms with Gasteiger partial charge in [0.05, 0.1) is 5.69 Å². The Morgan fingerprint density at radius 2 is 2.11 bits per heavy atom. The molecule has 2 heterocycles. The van der Waals surface area contributed by atoms with E-state index in [9.17, 15) is 0 Å². The van der Waals surface area contributed by atoms with Crippen molar-refractivity contribution in [3.05, 3.63) is 47.7 Å². The average molecular weight is 271 g/mol. The maximum absolute atomic E-state index is 4.53. The van der Waals surface area contributed by atoms with E-state index in [2.05, 4.69) is 43.0 Å². The molecular weight excluding hydrogens is 258 g/mol. The van der Waals surface area contributed by atoms with Gasteiger partial charge in [0, 0.05) is 24.0 Å². The summed E-state index contributed by atoms with van der Waals surface area (Å²) in [5.74, 6) is 0.729. The van der Waals surface area contributed by atoms with Crippen LogP contribution in [0.4, 0.5) is 5.69 Å². The standard InChI is InChI=1S/C13H13N5S/c1-2-4-10(5-3-1)14-7-6-11-8-19-13(17-11)12-15-9-16-18-12/h1-5,8-9,14H,6-7H2,(H,15,16,18). The third-order valence-corrected chi connectivity index (χ3v) is 3.55. The number of nitrogens with one attached hydrogen (secondary N) is 2. The number of anilines is 1. The molecule has 0 amide bonds. The zero-order valence-electron chi connectivity index (χ0n) is 10.2. The first kappa shape index (κ1) is 11.9. The minimum Gasteiger partial charge on any atom is -0.385 e. The lowest BCUT2D eigenvalue weighted by Gasteiger charge is -2.03. The third kappa shape index (κ3) is 2.97. The van der Waals surface area contributed by atoms with Crippen molar-refractivity contribution < 1.29 is 0 Å². The number of hydrogen-bond acceptors (Lipinski definition) is 5. The fourth-order valence-corrected chi connectivity index (χ4v) is 2.53. The SMILES string of the molecule is c1ccc(NCCc2csc(-c3ncn[nH]3)n2)cc1. The molecule has 1 aromatic carbocycles. The molecule has 3 aromatic rings. The van der Waals surface area contributed by atoms with Gasteiger partial charge < -0.3 is 5.32 Å². The normalized spacial score (nSPS) is 10.5. The highest BCUT2D eigenvalue weighted by Crippen LogP contribution is 2.19. The molecule has 0 fully saturated rings. The molecule has 0 atom stereocenters. The number of rotatable bonds is 5. The Morgan fingerprint density at radius 1 is 1.21 bits per heavy atom. The van der Waals surface area contributed by atoms with Crippen LogP contribution < -0.4 is 5.32 Å². The van der Waals surface area contributed by atoms with Gasteiger partial charge in [-0.15, -0.1) is 11.3 Å². The summed E-state index contributed by atoms with van der Waals surface area (Å²) in [6.07, 6.45) is 2.38. The number of nitrogens with zero attached hydrogens (tertiary/aromatic N) is 3. The van der Waals surface area contributed by atoms with Crippen molar-refractivity contribution in [1.82, 2.24) is 20.2 Å². The van der Waals surface area contributed by atoms with Crippen LogP contribution in [0.2, 0.25) is 0 Å². The number of H-pyrrole nitrogens is 1. The predicted octanol–water partition coefficient (Wildman–Crippen LogP) is 2.58. The van der Waals surface area contributed by atoms with E-state index in [-0.39, 0.29) is 0 Å². The van der Waals surface area contributed by atoms with Crippen LogP contribution in [0.15, 0.2) is 42.0 Å². The molecule has 0 aliphatic carbocycles. The largest absolute Gasteiger partial charge is 0.385 e. The molecule has 0 aliphatic rings. The molecule has 2 aromatic heterocycles. The van der Waals surface area contributed by atoms with Crippen LogP contribution >= 0.6 is 11.3 Å². The van der Waals surface area contributed by atoms with Crippen molar-refractivity contribution >= 4 is 17.0 Å². The molecule has 96 valence electrons. The van der Waals surface area contributed by atoms with Crippen LogP contribution in [0.3, 0.4) is 0 Å². The van der Waals surface area contributed by atoms with Gasteiger partial charge in [-0.05, 0) is 12.1 Å². The maximum Gasteiger partial charge on any atom is 0.184 e. The summed E-state index contributed by atoms with van der Waals surface area (Å²) >= 11 is 1.58. The van der Waals surface area contributed by atoms with Crippen LogP contribution in [-0.4, -0.2) is 26.7 Å². The monoisotopic (exact) mass is 271 g/mol. The van der Waals surface area contributed by atoms with Gasteiger partial charge in [-0.25, -0.2) is 9.97 Å². The Morgan fingerprint density at radius 3 is 2.89 bits per heavy atom. The van der Waals surface area contributed by atoms with E-state index in [0.29, 0.717) is 0 Å². The minimum atomic E-state index is 0.729. The van der Waals surface area contributed by atoms with Crippen LogP contribution in [0.5, 0.6) is 0 Å². The Bertz CT molecular complexity index is 618. The average Bonchev–Trinajstić information content (AvgIpc) is 3.10. The van der Waals surface area contributed by atoms with E-state index in [1.807, 2.05) is 18.2 Å². The molecule has 3 rings (SSSR count). The molecule has 5 nitrogen and oxygen atoms in total. The predicted molar refractivity (Wildman–Crippen MR) is 76.1 cm³/mol. The van der Waals surface area contributed by atoms with Gasteiger partial charge in [0.15, 0.2) is 10.8 Å². The molecule has 0 radical (unpaired) electrons. The molecule has 0 aliphatic heterocycles. The first-order chi connectivity index (χ1) is 9.42. The van der Waals surface area contributed by atoms with E-state index >= 15 is 0 Å². The molecule has 0 unspecified atom stereocenters. The molecule has 19 heavy (non-hydrogen) atoms. The first-order valence-electron chi connectivity index (χ1n) is 6.01. The van der Waals surface area contributed by atoms with Gasteiger partial charge in [-0.2, -0.15) is 5.10 Å². The summed E-state index contributed by atoms with van der Waals surface area (Å²) in [5, 5.41) is 13.0. The lowest BCUT2D eigenvalue weighted by Crippen LogP contribution is -2.04. The summed E-state index contributed by atoms with van der Waals surface area (Å²) in [4.78, 5) is 8.62. The highest BCUT2D eigenvalue weighted by atomic mass is 32.1. The number of thiazole rings is 1. The number of benzene rings is 1. The third-order valence-electron chi connectivity index (χ3n) is 2.65. The summed E-state index contributed by atoms with van der Waals surface area (Å²) in [6, 6.07) is 10.2. The molecule has 0 saturated heterocycles. The van der Waals surface area contributed by atoms with Crippen molar-refractivity contribution in [2.75, 3.05) is 11.9 Å². The van der Waals surface area contributed by atoms with E-state index < -0.39 is 0 Å². The number of hydrogen-bond donors (Lipinski definition) is 2. The number of para-hydroxylation sites is 1. The molecular formula is C13H13N5S. The fraction of sp³-hybridized carbons (Fsp3) is 0.154. The van der Waals surface area contributed by atoms with Gasteiger partial charge >= 0.3 is 0 Å². The van der Waals surface area contributed by atoms with Crippen LogP contribution in [0, 0.1) is 0 Å². The quantitative estimate of drug-likeness (QED) is 0.748. The van der Waals surface area contributed by atoms with Crippen LogP contribution in [0.25, 0.3) is 10.8 Å². The summed E-state index contributed by atoms with van der Waals surface area (Å²) < 4.78 is 0. The highest BCUT2D eigenvalue weighted by molar-refractivity contribution is 7.13. The summed E-state index contributed by atoms with van der Waals surface area (Å²) in [6.45, 7) is 0.865. The van der Waals surface area contributed by atoms with Gasteiger partial charge in [-0.1, -0.05) is 18.2 Å². The van der Waals surface area contributed by atoms with Crippen molar-refractivity contribution in [3.8, 4) is 10.8 Å². The molecule has 0 bridgehead atoms. The van der Waals surface area contributed by atoms with Crippen molar-refractivity contribution in [3.63, 3.8) is 0 Å². The second kappa shape index (κ2) is 5.62. The summed E-state index contributed by atoms with van der Waals surface area (Å²) in [5.41, 5.74) is 2.20. The maximum atomic E-state index is 4.53.